The highest BCUT2D eigenvalue weighted by molar-refractivity contribution is 5.79. The summed E-state index contributed by atoms with van der Waals surface area (Å²) in [7, 11) is 0.935. The van der Waals surface area contributed by atoms with Crippen LogP contribution in [0.4, 0.5) is 8.78 Å². The molecular formula is C10H10F2O2. The standard InChI is InChI=1S/C10H10F2O2/c1-7-3-5-8(6-4-7)10(11,12)9(13)14-2/h3-6H,1-2H3. The fourth-order valence-corrected chi connectivity index (χ4v) is 1.01. The molecule has 0 fully saturated rings. The van der Waals surface area contributed by atoms with Crippen LogP contribution in [0, 0.1) is 6.92 Å². The van der Waals surface area contributed by atoms with Crippen LogP contribution in [0.3, 0.4) is 0 Å². The van der Waals surface area contributed by atoms with E-state index in [9.17, 15) is 13.6 Å². The molecule has 0 spiro atoms. The molecule has 0 aliphatic carbocycles. The lowest BCUT2D eigenvalue weighted by atomic mass is 10.1. The van der Waals surface area contributed by atoms with E-state index in [1.807, 2.05) is 0 Å². The summed E-state index contributed by atoms with van der Waals surface area (Å²) < 4.78 is 30.4. The van der Waals surface area contributed by atoms with Crippen molar-refractivity contribution in [3.05, 3.63) is 35.4 Å². The van der Waals surface area contributed by atoms with Crippen molar-refractivity contribution in [1.82, 2.24) is 0 Å². The van der Waals surface area contributed by atoms with E-state index in [2.05, 4.69) is 4.74 Å². The molecule has 1 aromatic carbocycles. The van der Waals surface area contributed by atoms with Crippen LogP contribution in [0.1, 0.15) is 11.1 Å². The summed E-state index contributed by atoms with van der Waals surface area (Å²) in [5.74, 6) is -5.11. The number of alkyl halides is 2. The van der Waals surface area contributed by atoms with Crippen molar-refractivity contribution in [2.75, 3.05) is 7.11 Å². The van der Waals surface area contributed by atoms with Gasteiger partial charge >= 0.3 is 11.9 Å². The van der Waals surface area contributed by atoms with Crippen molar-refractivity contribution < 1.29 is 18.3 Å². The third-order valence-corrected chi connectivity index (χ3v) is 1.86. The summed E-state index contributed by atoms with van der Waals surface area (Å²) in [6, 6.07) is 5.47. The number of rotatable bonds is 2. The molecule has 0 saturated heterocycles. The van der Waals surface area contributed by atoms with Gasteiger partial charge in [-0.2, -0.15) is 8.78 Å². The zero-order valence-electron chi connectivity index (χ0n) is 7.88. The zero-order chi connectivity index (χ0) is 10.8. The van der Waals surface area contributed by atoms with Crippen molar-refractivity contribution in [1.29, 1.82) is 0 Å². The van der Waals surface area contributed by atoms with Crippen molar-refractivity contribution in [3.8, 4) is 0 Å². The minimum atomic E-state index is -3.57. The maximum absolute atomic E-state index is 13.2. The highest BCUT2D eigenvalue weighted by Crippen LogP contribution is 2.29. The third-order valence-electron chi connectivity index (χ3n) is 1.86. The van der Waals surface area contributed by atoms with Crippen LogP contribution in [-0.4, -0.2) is 13.1 Å². The maximum atomic E-state index is 13.2. The Morgan fingerprint density at radius 1 is 1.29 bits per heavy atom. The molecule has 2 nitrogen and oxygen atoms in total. The van der Waals surface area contributed by atoms with Crippen molar-refractivity contribution in [2.45, 2.75) is 12.8 Å². The van der Waals surface area contributed by atoms with Crippen molar-refractivity contribution >= 4 is 5.97 Å². The van der Waals surface area contributed by atoms with Gasteiger partial charge in [0.25, 0.3) is 0 Å². The lowest BCUT2D eigenvalue weighted by Gasteiger charge is -2.13. The Morgan fingerprint density at radius 2 is 1.79 bits per heavy atom. The monoisotopic (exact) mass is 200 g/mol. The van der Waals surface area contributed by atoms with Crippen molar-refractivity contribution in [2.24, 2.45) is 0 Å². The summed E-state index contributed by atoms with van der Waals surface area (Å²) in [5, 5.41) is 0. The summed E-state index contributed by atoms with van der Waals surface area (Å²) in [5.41, 5.74) is 0.504. The number of benzene rings is 1. The summed E-state index contributed by atoms with van der Waals surface area (Å²) in [6.07, 6.45) is 0. The summed E-state index contributed by atoms with van der Waals surface area (Å²) in [4.78, 5) is 10.7. The highest BCUT2D eigenvalue weighted by atomic mass is 19.3. The number of aryl methyl sites for hydroxylation is 1. The van der Waals surface area contributed by atoms with E-state index in [0.29, 0.717) is 0 Å². The number of hydrogen-bond donors (Lipinski definition) is 0. The largest absolute Gasteiger partial charge is 0.464 e. The SMILES string of the molecule is COC(=O)C(F)(F)c1ccc(C)cc1. The predicted octanol–water partition coefficient (Wildman–Crippen LogP) is 2.26. The molecule has 0 atom stereocenters. The highest BCUT2D eigenvalue weighted by Gasteiger charge is 2.42. The molecule has 1 aromatic rings. The Labute approximate surface area is 80.5 Å². The molecule has 76 valence electrons. The molecule has 0 aliphatic heterocycles. The van der Waals surface area contributed by atoms with Crippen molar-refractivity contribution in [3.63, 3.8) is 0 Å². The number of hydrogen-bond acceptors (Lipinski definition) is 2. The van der Waals surface area contributed by atoms with Gasteiger partial charge in [0.2, 0.25) is 0 Å². The Kier molecular flexibility index (Phi) is 2.84. The topological polar surface area (TPSA) is 26.3 Å². The summed E-state index contributed by atoms with van der Waals surface area (Å²) in [6.45, 7) is 1.78. The molecule has 0 amide bonds. The first-order valence-electron chi connectivity index (χ1n) is 4.02. The van der Waals surface area contributed by atoms with E-state index in [1.165, 1.54) is 24.3 Å². The fraction of sp³-hybridized carbons (Fsp3) is 0.300. The number of carbonyl (C=O) groups is 1. The molecule has 1 rings (SSSR count). The van der Waals surface area contributed by atoms with Gasteiger partial charge in [-0.3, -0.25) is 0 Å². The van der Waals surface area contributed by atoms with Crippen LogP contribution in [0.25, 0.3) is 0 Å². The number of halogens is 2. The van der Waals surface area contributed by atoms with Gasteiger partial charge in [-0.05, 0) is 6.92 Å². The van der Waals surface area contributed by atoms with E-state index in [1.54, 1.807) is 6.92 Å². The normalized spacial score (nSPS) is 11.1. The van der Waals surface area contributed by atoms with Gasteiger partial charge in [0.1, 0.15) is 0 Å². The van der Waals surface area contributed by atoms with Gasteiger partial charge in [-0.25, -0.2) is 4.79 Å². The van der Waals surface area contributed by atoms with Crippen LogP contribution >= 0.6 is 0 Å². The fourth-order valence-electron chi connectivity index (χ4n) is 1.01. The first-order chi connectivity index (χ1) is 6.48. The minimum absolute atomic E-state index is 0.352. The zero-order valence-corrected chi connectivity index (χ0v) is 7.88. The lowest BCUT2D eigenvalue weighted by Crippen LogP contribution is -2.27. The predicted molar refractivity (Wildman–Crippen MR) is 47.1 cm³/mol. The third kappa shape index (κ3) is 1.89. The van der Waals surface area contributed by atoms with Gasteiger partial charge in [-0.1, -0.05) is 29.8 Å². The summed E-state index contributed by atoms with van der Waals surface area (Å²) >= 11 is 0. The van der Waals surface area contributed by atoms with E-state index in [-0.39, 0.29) is 5.56 Å². The quantitative estimate of drug-likeness (QED) is 0.684. The second-order valence-electron chi connectivity index (χ2n) is 2.93. The second-order valence-corrected chi connectivity index (χ2v) is 2.93. The Hall–Kier alpha value is -1.45. The first kappa shape index (κ1) is 10.6. The Balaban J connectivity index is 3.03. The van der Waals surface area contributed by atoms with Crippen LogP contribution in [0.15, 0.2) is 24.3 Å². The molecule has 0 bridgehead atoms. The first-order valence-corrected chi connectivity index (χ1v) is 4.02. The average molecular weight is 200 g/mol. The average Bonchev–Trinajstić information content (AvgIpc) is 2.17. The molecule has 0 N–H and O–H groups in total. The molecule has 0 aliphatic rings. The molecule has 0 saturated carbocycles. The maximum Gasteiger partial charge on any atom is 0.381 e. The second kappa shape index (κ2) is 3.74. The Bertz CT molecular complexity index is 330. The minimum Gasteiger partial charge on any atom is -0.464 e. The number of methoxy groups -OCH3 is 1. The van der Waals surface area contributed by atoms with Crippen LogP contribution in [-0.2, 0) is 15.5 Å². The molecule has 14 heavy (non-hydrogen) atoms. The van der Waals surface area contributed by atoms with Gasteiger partial charge in [0, 0.05) is 5.56 Å². The van der Waals surface area contributed by atoms with Gasteiger partial charge in [-0.15, -0.1) is 0 Å². The Morgan fingerprint density at radius 3 is 2.21 bits per heavy atom. The van der Waals surface area contributed by atoms with Gasteiger partial charge < -0.3 is 4.74 Å². The van der Waals surface area contributed by atoms with E-state index < -0.39 is 11.9 Å². The molecule has 0 unspecified atom stereocenters. The lowest BCUT2D eigenvalue weighted by molar-refractivity contribution is -0.170. The van der Waals surface area contributed by atoms with E-state index in [4.69, 9.17) is 0 Å². The van der Waals surface area contributed by atoms with E-state index >= 15 is 0 Å². The molecule has 0 heterocycles. The number of esters is 1. The smallest absolute Gasteiger partial charge is 0.381 e. The molecule has 4 heteroatoms. The number of ether oxygens (including phenoxy) is 1. The van der Waals surface area contributed by atoms with Crippen LogP contribution in [0.5, 0.6) is 0 Å². The molecular weight excluding hydrogens is 190 g/mol. The van der Waals surface area contributed by atoms with E-state index in [0.717, 1.165) is 12.7 Å². The van der Waals surface area contributed by atoms with Gasteiger partial charge in [0.15, 0.2) is 0 Å². The molecule has 0 aromatic heterocycles. The van der Waals surface area contributed by atoms with Crippen LogP contribution < -0.4 is 0 Å². The number of carbonyl (C=O) groups excluding carboxylic acids is 1. The van der Waals surface area contributed by atoms with Gasteiger partial charge in [0.05, 0.1) is 7.11 Å². The van der Waals surface area contributed by atoms with Crippen LogP contribution in [0.2, 0.25) is 0 Å². The molecule has 0 radical (unpaired) electrons.